The second kappa shape index (κ2) is 6.83. The second-order valence-electron chi connectivity index (χ2n) is 5.43. The molecule has 2 rings (SSSR count). The van der Waals surface area contributed by atoms with E-state index in [2.05, 4.69) is 10.2 Å². The number of hydrogen-bond donors (Lipinski definition) is 0. The Labute approximate surface area is 119 Å². The number of nitrogens with zero attached hydrogens (tertiary/aromatic N) is 3. The Morgan fingerprint density at radius 2 is 2.10 bits per heavy atom. The van der Waals surface area contributed by atoms with Crippen LogP contribution in [0.15, 0.2) is 4.42 Å². The molecule has 1 saturated heterocycles. The predicted octanol–water partition coefficient (Wildman–Crippen LogP) is 1.94. The number of rotatable bonds is 5. The average Bonchev–Trinajstić information content (AvgIpc) is 2.95. The van der Waals surface area contributed by atoms with Gasteiger partial charge in [-0.15, -0.1) is 10.2 Å². The molecule has 0 saturated carbocycles. The molecule has 0 unspecified atom stereocenters. The van der Waals surface area contributed by atoms with Gasteiger partial charge in [-0.25, -0.2) is 0 Å². The van der Waals surface area contributed by atoms with Crippen LogP contribution in [0.3, 0.4) is 0 Å². The molecule has 1 fully saturated rings. The van der Waals surface area contributed by atoms with Crippen molar-refractivity contribution in [3.05, 3.63) is 11.8 Å². The minimum absolute atomic E-state index is 0.0682. The van der Waals surface area contributed by atoms with Gasteiger partial charge < -0.3 is 14.1 Å². The summed E-state index contributed by atoms with van der Waals surface area (Å²) in [6.45, 7) is 8.17. The highest BCUT2D eigenvalue weighted by molar-refractivity contribution is 5.77. The van der Waals surface area contributed by atoms with Gasteiger partial charge in [0.05, 0.1) is 0 Å². The summed E-state index contributed by atoms with van der Waals surface area (Å²) in [5.41, 5.74) is 0. The number of likely N-dealkylation sites (tertiary alicyclic amines) is 1. The van der Waals surface area contributed by atoms with E-state index in [4.69, 9.17) is 9.15 Å². The zero-order valence-electron chi connectivity index (χ0n) is 12.5. The fraction of sp³-hybridized carbons (Fsp3) is 0.786. The monoisotopic (exact) mass is 281 g/mol. The highest BCUT2D eigenvalue weighted by Crippen LogP contribution is 2.28. The minimum Gasteiger partial charge on any atom is -0.425 e. The first kappa shape index (κ1) is 15.0. The van der Waals surface area contributed by atoms with Crippen LogP contribution in [0.5, 0.6) is 0 Å². The van der Waals surface area contributed by atoms with Gasteiger partial charge in [-0.05, 0) is 19.8 Å². The molecular weight excluding hydrogens is 258 g/mol. The lowest BCUT2D eigenvalue weighted by Crippen LogP contribution is -2.40. The second-order valence-corrected chi connectivity index (χ2v) is 5.43. The van der Waals surface area contributed by atoms with Crippen LogP contribution < -0.4 is 0 Å². The molecule has 1 aliphatic rings. The Morgan fingerprint density at radius 3 is 2.65 bits per heavy atom. The molecule has 0 spiro atoms. The molecule has 112 valence electrons. The third-order valence-electron chi connectivity index (χ3n) is 3.58. The Morgan fingerprint density at radius 1 is 1.40 bits per heavy atom. The molecule has 1 amide bonds. The topological polar surface area (TPSA) is 68.5 Å². The number of carbonyl (C=O) groups excluding carboxylic acids is 1. The Hall–Kier alpha value is -1.43. The summed E-state index contributed by atoms with van der Waals surface area (Å²) in [7, 11) is 0. The molecule has 0 N–H and O–H groups in total. The van der Waals surface area contributed by atoms with E-state index in [-0.39, 0.29) is 24.3 Å². The minimum atomic E-state index is 0.0682. The lowest BCUT2D eigenvalue weighted by atomic mass is 9.97. The van der Waals surface area contributed by atoms with Gasteiger partial charge in [0.25, 0.3) is 0 Å². The van der Waals surface area contributed by atoms with Gasteiger partial charge in [0.2, 0.25) is 17.7 Å². The number of hydrogen-bond acceptors (Lipinski definition) is 5. The van der Waals surface area contributed by atoms with E-state index in [1.807, 2.05) is 25.7 Å². The van der Waals surface area contributed by atoms with Crippen LogP contribution >= 0.6 is 0 Å². The molecule has 6 nitrogen and oxygen atoms in total. The fourth-order valence-corrected chi connectivity index (χ4v) is 2.30. The quantitative estimate of drug-likeness (QED) is 0.825. The number of piperidine rings is 1. The molecule has 1 aliphatic heterocycles. The molecule has 6 heteroatoms. The standard InChI is InChI=1S/C14H23N3O3/c1-4-19-9-12(18)17-7-5-11(6-8-17)14-16-15-13(20-14)10(2)3/h10-11H,4-9H2,1-3H3. The number of aromatic nitrogens is 2. The van der Waals surface area contributed by atoms with Gasteiger partial charge >= 0.3 is 0 Å². The van der Waals surface area contributed by atoms with Crippen molar-refractivity contribution in [1.29, 1.82) is 0 Å². The molecule has 2 heterocycles. The Kier molecular flexibility index (Phi) is 5.11. The number of amides is 1. The van der Waals surface area contributed by atoms with Crippen molar-refractivity contribution >= 4 is 5.91 Å². The van der Waals surface area contributed by atoms with Gasteiger partial charge in [-0.1, -0.05) is 13.8 Å². The highest BCUT2D eigenvalue weighted by Gasteiger charge is 2.27. The van der Waals surface area contributed by atoms with E-state index in [1.165, 1.54) is 0 Å². The summed E-state index contributed by atoms with van der Waals surface area (Å²) < 4.78 is 10.9. The van der Waals surface area contributed by atoms with E-state index < -0.39 is 0 Å². The Balaban J connectivity index is 1.85. The van der Waals surface area contributed by atoms with Crippen LogP contribution in [0.4, 0.5) is 0 Å². The van der Waals surface area contributed by atoms with Crippen molar-refractivity contribution < 1.29 is 13.9 Å². The summed E-state index contributed by atoms with van der Waals surface area (Å²) in [5, 5.41) is 8.20. The first-order valence-electron chi connectivity index (χ1n) is 7.30. The zero-order valence-corrected chi connectivity index (χ0v) is 12.5. The van der Waals surface area contributed by atoms with E-state index >= 15 is 0 Å². The normalized spacial score (nSPS) is 16.9. The SMILES string of the molecule is CCOCC(=O)N1CCC(c2nnc(C(C)C)o2)CC1. The molecular formula is C14H23N3O3. The average molecular weight is 281 g/mol. The van der Waals surface area contributed by atoms with Crippen molar-refractivity contribution in [3.63, 3.8) is 0 Å². The van der Waals surface area contributed by atoms with E-state index in [1.54, 1.807) is 0 Å². The van der Waals surface area contributed by atoms with Crippen molar-refractivity contribution in [2.45, 2.75) is 45.4 Å². The van der Waals surface area contributed by atoms with Gasteiger partial charge in [-0.2, -0.15) is 0 Å². The van der Waals surface area contributed by atoms with Crippen molar-refractivity contribution in [2.75, 3.05) is 26.3 Å². The van der Waals surface area contributed by atoms with Crippen LogP contribution in [-0.4, -0.2) is 47.3 Å². The fourth-order valence-electron chi connectivity index (χ4n) is 2.30. The molecule has 0 bridgehead atoms. The third kappa shape index (κ3) is 3.56. The van der Waals surface area contributed by atoms with Crippen molar-refractivity contribution in [1.82, 2.24) is 15.1 Å². The van der Waals surface area contributed by atoms with Crippen LogP contribution in [-0.2, 0) is 9.53 Å². The molecule has 1 aromatic heterocycles. The Bertz CT molecular complexity index is 437. The van der Waals surface area contributed by atoms with E-state index in [0.29, 0.717) is 18.4 Å². The molecule has 0 aromatic carbocycles. The van der Waals surface area contributed by atoms with Crippen LogP contribution in [0.2, 0.25) is 0 Å². The predicted molar refractivity (Wildman–Crippen MR) is 73.4 cm³/mol. The third-order valence-corrected chi connectivity index (χ3v) is 3.58. The lowest BCUT2D eigenvalue weighted by molar-refractivity contribution is -0.137. The number of ether oxygens (including phenoxy) is 1. The highest BCUT2D eigenvalue weighted by atomic mass is 16.5. The number of carbonyl (C=O) groups is 1. The van der Waals surface area contributed by atoms with Crippen LogP contribution in [0.25, 0.3) is 0 Å². The summed E-state index contributed by atoms with van der Waals surface area (Å²) in [4.78, 5) is 13.7. The summed E-state index contributed by atoms with van der Waals surface area (Å²) in [5.74, 6) is 1.99. The zero-order chi connectivity index (χ0) is 14.5. The summed E-state index contributed by atoms with van der Waals surface area (Å²) in [6, 6.07) is 0. The summed E-state index contributed by atoms with van der Waals surface area (Å²) in [6.07, 6.45) is 1.75. The van der Waals surface area contributed by atoms with Crippen LogP contribution in [0.1, 0.15) is 57.2 Å². The molecule has 1 aromatic rings. The lowest BCUT2D eigenvalue weighted by Gasteiger charge is -2.30. The van der Waals surface area contributed by atoms with Crippen molar-refractivity contribution in [3.8, 4) is 0 Å². The molecule has 0 aliphatic carbocycles. The first-order chi connectivity index (χ1) is 9.61. The van der Waals surface area contributed by atoms with Crippen LogP contribution in [0, 0.1) is 0 Å². The first-order valence-corrected chi connectivity index (χ1v) is 7.30. The largest absolute Gasteiger partial charge is 0.425 e. The smallest absolute Gasteiger partial charge is 0.248 e. The molecule has 0 atom stereocenters. The van der Waals surface area contributed by atoms with Gasteiger partial charge in [0.1, 0.15) is 6.61 Å². The maximum Gasteiger partial charge on any atom is 0.248 e. The maximum atomic E-state index is 11.8. The van der Waals surface area contributed by atoms with Gasteiger partial charge in [-0.3, -0.25) is 4.79 Å². The summed E-state index contributed by atoms with van der Waals surface area (Å²) >= 11 is 0. The maximum absolute atomic E-state index is 11.8. The van der Waals surface area contributed by atoms with E-state index in [9.17, 15) is 4.79 Å². The van der Waals surface area contributed by atoms with Gasteiger partial charge in [0.15, 0.2) is 0 Å². The van der Waals surface area contributed by atoms with Crippen molar-refractivity contribution in [2.24, 2.45) is 0 Å². The van der Waals surface area contributed by atoms with E-state index in [0.717, 1.165) is 25.9 Å². The molecule has 0 radical (unpaired) electrons. The van der Waals surface area contributed by atoms with Gasteiger partial charge in [0, 0.05) is 31.5 Å². The molecule has 20 heavy (non-hydrogen) atoms.